The molecule has 0 fully saturated rings. The van der Waals surface area contributed by atoms with Gasteiger partial charge in [0.15, 0.2) is 0 Å². The van der Waals surface area contributed by atoms with E-state index in [4.69, 9.17) is 0 Å². The van der Waals surface area contributed by atoms with Crippen molar-refractivity contribution >= 4 is 11.7 Å². The van der Waals surface area contributed by atoms with Gasteiger partial charge in [-0.05, 0) is 53.7 Å². The fourth-order valence-electron chi connectivity index (χ4n) is 2.46. The molecule has 0 bridgehead atoms. The Balaban J connectivity index is 2.95. The van der Waals surface area contributed by atoms with Gasteiger partial charge < -0.3 is 9.80 Å². The molecule has 0 unspecified atom stereocenters. The van der Waals surface area contributed by atoms with Crippen LogP contribution in [0.3, 0.4) is 0 Å². The molecule has 4 heteroatoms. The molecule has 0 atom stereocenters. The van der Waals surface area contributed by atoms with Crippen molar-refractivity contribution in [1.82, 2.24) is 9.88 Å². The van der Waals surface area contributed by atoms with Gasteiger partial charge in [0.1, 0.15) is 5.82 Å². The fraction of sp³-hybridized carbons (Fsp3) is 0.625. The minimum atomic E-state index is 0.0496. The first kappa shape index (κ1) is 16.5. The molecule has 1 aromatic heterocycles. The average Bonchev–Trinajstić information content (AvgIpc) is 2.40. The Bertz CT molecular complexity index is 414. The Labute approximate surface area is 122 Å². The van der Waals surface area contributed by atoms with Crippen LogP contribution < -0.4 is 4.90 Å². The van der Waals surface area contributed by atoms with Gasteiger partial charge in [0.05, 0.1) is 5.56 Å². The summed E-state index contributed by atoms with van der Waals surface area (Å²) >= 11 is 0. The Kier molecular flexibility index (Phi) is 5.99. The van der Waals surface area contributed by atoms with Crippen molar-refractivity contribution in [2.24, 2.45) is 0 Å². The number of nitrogens with zero attached hydrogens (tertiary/aromatic N) is 3. The van der Waals surface area contributed by atoms with Crippen LogP contribution in [0.25, 0.3) is 0 Å². The van der Waals surface area contributed by atoms with Crippen molar-refractivity contribution in [3.63, 3.8) is 0 Å². The van der Waals surface area contributed by atoms with E-state index in [0.29, 0.717) is 5.56 Å². The Hall–Kier alpha value is -1.58. The van der Waals surface area contributed by atoms with Crippen molar-refractivity contribution < 1.29 is 4.79 Å². The van der Waals surface area contributed by atoms with Crippen LogP contribution in [-0.4, -0.2) is 41.0 Å². The first-order valence-corrected chi connectivity index (χ1v) is 7.45. The quantitative estimate of drug-likeness (QED) is 0.801. The maximum absolute atomic E-state index is 12.5. The molecule has 0 aliphatic carbocycles. The Morgan fingerprint density at radius 2 is 1.65 bits per heavy atom. The number of rotatable bonds is 6. The van der Waals surface area contributed by atoms with Gasteiger partial charge >= 0.3 is 0 Å². The lowest BCUT2D eigenvalue weighted by atomic mass is 10.1. The predicted octanol–water partition coefficient (Wildman–Crippen LogP) is 3.19. The fourth-order valence-corrected chi connectivity index (χ4v) is 2.46. The molecule has 4 nitrogen and oxygen atoms in total. The SMILES string of the molecule is CCN(CC)c1ccc(C(=O)N(C(C)C)C(C)C)cn1. The molecule has 112 valence electrons. The van der Waals surface area contributed by atoms with E-state index >= 15 is 0 Å². The summed E-state index contributed by atoms with van der Waals surface area (Å²) in [5.41, 5.74) is 0.656. The van der Waals surface area contributed by atoms with E-state index in [-0.39, 0.29) is 18.0 Å². The third kappa shape index (κ3) is 3.71. The second-order valence-electron chi connectivity index (χ2n) is 5.48. The van der Waals surface area contributed by atoms with E-state index in [9.17, 15) is 4.79 Å². The van der Waals surface area contributed by atoms with Gasteiger partial charge in [-0.1, -0.05) is 0 Å². The largest absolute Gasteiger partial charge is 0.357 e. The minimum absolute atomic E-state index is 0.0496. The van der Waals surface area contributed by atoms with Crippen LogP contribution >= 0.6 is 0 Å². The maximum atomic E-state index is 12.5. The van der Waals surface area contributed by atoms with Gasteiger partial charge in [0.25, 0.3) is 5.91 Å². The lowest BCUT2D eigenvalue weighted by molar-refractivity contribution is 0.0643. The number of carbonyl (C=O) groups is 1. The molecule has 0 aliphatic rings. The summed E-state index contributed by atoms with van der Waals surface area (Å²) in [6, 6.07) is 4.18. The molecule has 1 heterocycles. The number of carbonyl (C=O) groups excluding carboxylic acids is 1. The molecule has 1 rings (SSSR count). The van der Waals surface area contributed by atoms with E-state index in [2.05, 4.69) is 23.7 Å². The number of anilines is 1. The van der Waals surface area contributed by atoms with Crippen LogP contribution in [0.1, 0.15) is 51.9 Å². The van der Waals surface area contributed by atoms with Crippen LogP contribution in [0.4, 0.5) is 5.82 Å². The summed E-state index contributed by atoms with van der Waals surface area (Å²) in [4.78, 5) is 21.0. The number of hydrogen-bond acceptors (Lipinski definition) is 3. The molecule has 0 N–H and O–H groups in total. The highest BCUT2D eigenvalue weighted by Gasteiger charge is 2.21. The number of pyridine rings is 1. The van der Waals surface area contributed by atoms with E-state index in [1.807, 2.05) is 44.7 Å². The second kappa shape index (κ2) is 7.27. The van der Waals surface area contributed by atoms with Gasteiger partial charge in [-0.25, -0.2) is 4.98 Å². The van der Waals surface area contributed by atoms with Gasteiger partial charge in [0.2, 0.25) is 0 Å². The number of aromatic nitrogens is 1. The molecule has 20 heavy (non-hydrogen) atoms. The topological polar surface area (TPSA) is 36.4 Å². The highest BCUT2D eigenvalue weighted by atomic mass is 16.2. The summed E-state index contributed by atoms with van der Waals surface area (Å²) in [6.07, 6.45) is 1.69. The Morgan fingerprint density at radius 1 is 1.10 bits per heavy atom. The molecule has 0 saturated carbocycles. The van der Waals surface area contributed by atoms with Crippen molar-refractivity contribution in [3.05, 3.63) is 23.9 Å². The lowest BCUT2D eigenvalue weighted by Crippen LogP contribution is -2.42. The van der Waals surface area contributed by atoms with E-state index < -0.39 is 0 Å². The average molecular weight is 277 g/mol. The summed E-state index contributed by atoms with van der Waals surface area (Å²) < 4.78 is 0. The van der Waals surface area contributed by atoms with Crippen LogP contribution in [0.15, 0.2) is 18.3 Å². The van der Waals surface area contributed by atoms with Gasteiger partial charge in [-0.3, -0.25) is 4.79 Å². The summed E-state index contributed by atoms with van der Waals surface area (Å²) in [7, 11) is 0. The molecular weight excluding hydrogens is 250 g/mol. The smallest absolute Gasteiger partial charge is 0.255 e. The predicted molar refractivity (Wildman–Crippen MR) is 84.2 cm³/mol. The van der Waals surface area contributed by atoms with Gasteiger partial charge in [-0.15, -0.1) is 0 Å². The van der Waals surface area contributed by atoms with E-state index in [1.165, 1.54) is 0 Å². The van der Waals surface area contributed by atoms with Crippen molar-refractivity contribution in [3.8, 4) is 0 Å². The summed E-state index contributed by atoms with van der Waals surface area (Å²) in [5.74, 6) is 0.973. The lowest BCUT2D eigenvalue weighted by Gasteiger charge is -2.31. The third-order valence-corrected chi connectivity index (χ3v) is 3.43. The Morgan fingerprint density at radius 3 is 2.00 bits per heavy atom. The molecule has 0 radical (unpaired) electrons. The third-order valence-electron chi connectivity index (χ3n) is 3.43. The molecule has 0 aliphatic heterocycles. The molecule has 1 amide bonds. The van der Waals surface area contributed by atoms with Crippen molar-refractivity contribution in [2.75, 3.05) is 18.0 Å². The number of hydrogen-bond donors (Lipinski definition) is 0. The van der Waals surface area contributed by atoms with Crippen LogP contribution in [0, 0.1) is 0 Å². The minimum Gasteiger partial charge on any atom is -0.357 e. The van der Waals surface area contributed by atoms with Crippen LogP contribution in [0.5, 0.6) is 0 Å². The normalized spacial score (nSPS) is 11.0. The highest BCUT2D eigenvalue weighted by molar-refractivity contribution is 5.94. The molecule has 1 aromatic rings. The molecular formula is C16H27N3O. The standard InChI is InChI=1S/C16H27N3O/c1-7-18(8-2)15-10-9-14(11-17-15)16(20)19(12(3)4)13(5)6/h9-13H,7-8H2,1-6H3. The second-order valence-corrected chi connectivity index (χ2v) is 5.48. The zero-order chi connectivity index (χ0) is 15.3. The van der Waals surface area contributed by atoms with Crippen molar-refractivity contribution in [2.45, 2.75) is 53.6 Å². The zero-order valence-electron chi connectivity index (χ0n) is 13.6. The maximum Gasteiger partial charge on any atom is 0.255 e. The first-order chi connectivity index (χ1) is 9.42. The highest BCUT2D eigenvalue weighted by Crippen LogP contribution is 2.15. The zero-order valence-corrected chi connectivity index (χ0v) is 13.6. The monoisotopic (exact) mass is 277 g/mol. The van der Waals surface area contributed by atoms with E-state index in [1.54, 1.807) is 6.20 Å². The van der Waals surface area contributed by atoms with Gasteiger partial charge in [-0.2, -0.15) is 0 Å². The summed E-state index contributed by atoms with van der Waals surface area (Å²) in [5, 5.41) is 0. The molecule has 0 saturated heterocycles. The van der Waals surface area contributed by atoms with Crippen molar-refractivity contribution in [1.29, 1.82) is 0 Å². The molecule has 0 aromatic carbocycles. The van der Waals surface area contributed by atoms with E-state index in [0.717, 1.165) is 18.9 Å². The summed E-state index contributed by atoms with van der Waals surface area (Å²) in [6.45, 7) is 14.2. The number of amides is 1. The van der Waals surface area contributed by atoms with Gasteiger partial charge in [0, 0.05) is 31.4 Å². The molecule has 0 spiro atoms. The van der Waals surface area contributed by atoms with Crippen LogP contribution in [0.2, 0.25) is 0 Å². The van der Waals surface area contributed by atoms with Crippen LogP contribution in [-0.2, 0) is 0 Å². The first-order valence-electron chi connectivity index (χ1n) is 7.45.